The molecule has 1 saturated heterocycles. The van der Waals surface area contributed by atoms with Gasteiger partial charge in [-0.05, 0) is 84.9 Å². The molecule has 8 rings (SSSR count). The summed E-state index contributed by atoms with van der Waals surface area (Å²) in [6.45, 7) is 14.0. The van der Waals surface area contributed by atoms with Crippen molar-refractivity contribution >= 4 is 63.7 Å². The van der Waals surface area contributed by atoms with E-state index in [-0.39, 0.29) is 73.9 Å². The number of carbonyl (C=O) groups is 5. The lowest BCUT2D eigenvalue weighted by molar-refractivity contribution is -0.0692. The Morgan fingerprint density at radius 1 is 0.708 bits per heavy atom. The zero-order valence-electron chi connectivity index (χ0n) is 37.2. The third-order valence-electron chi connectivity index (χ3n) is 11.0. The van der Waals surface area contributed by atoms with E-state index >= 15 is 0 Å². The Morgan fingerprint density at radius 2 is 1.14 bits per heavy atom. The van der Waals surface area contributed by atoms with Crippen molar-refractivity contribution in [3.05, 3.63) is 82.5 Å². The maximum absolute atomic E-state index is 13.9. The summed E-state index contributed by atoms with van der Waals surface area (Å²) in [5, 5.41) is 14.7. The molecular weight excluding hydrogens is 839 g/mol. The lowest BCUT2D eigenvalue weighted by atomic mass is 9.81. The van der Waals surface area contributed by atoms with Crippen molar-refractivity contribution in [2.45, 2.75) is 80.2 Å². The van der Waals surface area contributed by atoms with E-state index in [0.29, 0.717) is 57.9 Å². The van der Waals surface area contributed by atoms with Gasteiger partial charge < -0.3 is 39.7 Å². The van der Waals surface area contributed by atoms with Gasteiger partial charge in [0.05, 0.1) is 27.8 Å². The van der Waals surface area contributed by atoms with Crippen LogP contribution < -0.4 is 31.6 Å². The highest BCUT2D eigenvalue weighted by molar-refractivity contribution is 6.05. The van der Waals surface area contributed by atoms with Gasteiger partial charge in [0.2, 0.25) is 23.7 Å². The van der Waals surface area contributed by atoms with Crippen molar-refractivity contribution in [1.29, 1.82) is 0 Å². The van der Waals surface area contributed by atoms with Crippen LogP contribution in [0.3, 0.4) is 0 Å². The van der Waals surface area contributed by atoms with E-state index in [0.717, 1.165) is 0 Å². The van der Waals surface area contributed by atoms with Crippen LogP contribution in [0.1, 0.15) is 87.7 Å². The number of imidazole rings is 2. The van der Waals surface area contributed by atoms with E-state index < -0.39 is 40.7 Å². The van der Waals surface area contributed by atoms with E-state index in [9.17, 15) is 24.0 Å². The molecule has 21 heteroatoms. The summed E-state index contributed by atoms with van der Waals surface area (Å²) in [5.41, 5.74) is 13.7. The Kier molecular flexibility index (Phi) is 11.3. The summed E-state index contributed by atoms with van der Waals surface area (Å²) in [4.78, 5) is 77.6. The number of aromatic nitrogens is 8. The lowest BCUT2D eigenvalue weighted by Crippen LogP contribution is -2.64. The first-order valence-corrected chi connectivity index (χ1v) is 21.1. The maximum atomic E-state index is 13.9. The fourth-order valence-corrected chi connectivity index (χ4v) is 8.05. The largest absolute Gasteiger partial charge is 0.490 e. The summed E-state index contributed by atoms with van der Waals surface area (Å²) in [6.07, 6.45) is 3.14. The lowest BCUT2D eigenvalue weighted by Gasteiger charge is -2.49. The van der Waals surface area contributed by atoms with E-state index in [4.69, 9.17) is 35.6 Å². The van der Waals surface area contributed by atoms with Gasteiger partial charge >= 0.3 is 6.09 Å². The van der Waals surface area contributed by atoms with Crippen LogP contribution in [-0.2, 0) is 30.9 Å². The number of hydrogen-bond acceptors (Lipinski definition) is 12. The van der Waals surface area contributed by atoms with Gasteiger partial charge in [0.25, 0.3) is 11.8 Å². The Morgan fingerprint density at radius 3 is 1.52 bits per heavy atom. The number of nitrogens with one attached hydrogen (secondary N) is 2. The fraction of sp³-hybridized carbons (Fsp3) is 0.386. The maximum Gasteiger partial charge on any atom is 0.410 e. The molecule has 6 heterocycles. The first kappa shape index (κ1) is 43.9. The minimum atomic E-state index is -0.893. The Hall–Kier alpha value is -7.71. The molecule has 2 aliphatic rings. The molecule has 5 amide bonds. The van der Waals surface area contributed by atoms with Gasteiger partial charge in [0.15, 0.2) is 0 Å². The third kappa shape index (κ3) is 8.68. The molecule has 1 spiro atoms. The first-order valence-electron chi connectivity index (χ1n) is 21.1. The minimum Gasteiger partial charge on any atom is -0.490 e. The van der Waals surface area contributed by atoms with Crippen molar-refractivity contribution in [3.63, 3.8) is 0 Å². The van der Waals surface area contributed by atoms with Gasteiger partial charge in [-0.3, -0.25) is 39.2 Å². The number of rotatable bonds is 8. The highest BCUT2D eigenvalue weighted by Gasteiger charge is 2.48. The van der Waals surface area contributed by atoms with Crippen molar-refractivity contribution in [3.8, 4) is 11.5 Å². The number of amides is 5. The molecule has 0 bridgehead atoms. The van der Waals surface area contributed by atoms with Crippen LogP contribution in [0.15, 0.2) is 48.6 Å². The second-order valence-corrected chi connectivity index (χ2v) is 17.3. The number of nitrogens with two attached hydrogens (primary N) is 2. The van der Waals surface area contributed by atoms with Crippen molar-refractivity contribution in [2.24, 2.45) is 16.9 Å². The number of hydrogen-bond donors (Lipinski definition) is 4. The topological polar surface area (TPSA) is 264 Å². The molecule has 0 unspecified atom stereocenters. The molecule has 1 fully saturated rings. The monoisotopic (exact) mass is 889 g/mol. The molecule has 21 nitrogen and oxygen atoms in total. The van der Waals surface area contributed by atoms with Gasteiger partial charge in [-0.1, -0.05) is 12.2 Å². The molecule has 0 radical (unpaired) electrons. The first-order chi connectivity index (χ1) is 30.9. The quantitative estimate of drug-likeness (QED) is 0.155. The number of nitrogens with zero attached hydrogens (tertiary/aromatic N) is 9. The molecular formula is C44H51N13O8. The summed E-state index contributed by atoms with van der Waals surface area (Å²) in [7, 11) is 0. The normalized spacial score (nSPS) is 15.3. The summed E-state index contributed by atoms with van der Waals surface area (Å²) >= 11 is 0. The number of primary amides is 2. The van der Waals surface area contributed by atoms with E-state index in [1.807, 2.05) is 26.0 Å². The standard InChI is InChI=1S/C44H51N13O8/c1-8-56-30(14-24(3)51-56)38(60)49-40-47-28-16-26(36(45)58)18-32-34(28)54(40)12-10-11-13-55-35-29(48-41(55)50-39(61)31-15-25(4)52-57(31)9-2)17-27(37(46)59)19-33(35)64-23-44(22-63-32)20-53(21-44)42(62)65-43(5,6)7/h10-11,14-19H,8-9,12-13,20-23H2,1-7H3,(H2,45,58)(H2,46,59)(H,47,49,60)(H,48,50,61)/b11-10-. The van der Waals surface area contributed by atoms with Gasteiger partial charge in [-0.15, -0.1) is 0 Å². The Balaban J connectivity index is 1.27. The molecule has 6 N–H and O–H groups in total. The van der Waals surface area contributed by atoms with Crippen LogP contribution in [0.25, 0.3) is 22.1 Å². The summed E-state index contributed by atoms with van der Waals surface area (Å²) in [5.74, 6) is -1.61. The summed E-state index contributed by atoms with van der Waals surface area (Å²) in [6, 6.07) is 9.44. The van der Waals surface area contributed by atoms with E-state index in [1.165, 1.54) is 29.2 Å². The molecule has 0 saturated carbocycles. The van der Waals surface area contributed by atoms with Gasteiger partial charge in [0.1, 0.15) is 52.7 Å². The van der Waals surface area contributed by atoms with Crippen molar-refractivity contribution < 1.29 is 38.2 Å². The SMILES string of the molecule is CCn1nc(C)cc1C(=O)Nc1nc2cc(C(N)=O)cc3c2n1C/C=C\Cn1c(NC(=O)c2cc(C)nn2CC)nc2cc(C(N)=O)cc(c21)OCC1(CO3)CN(C(=O)OC(C)(C)C)C1. The van der Waals surface area contributed by atoms with Gasteiger partial charge in [0, 0.05) is 50.4 Å². The molecule has 2 aliphatic heterocycles. The zero-order valence-corrected chi connectivity index (χ0v) is 37.2. The van der Waals surface area contributed by atoms with Crippen molar-refractivity contribution in [2.75, 3.05) is 36.9 Å². The molecule has 65 heavy (non-hydrogen) atoms. The van der Waals surface area contributed by atoms with Gasteiger partial charge in [-0.25, -0.2) is 14.8 Å². The smallest absolute Gasteiger partial charge is 0.410 e. The molecule has 0 aliphatic carbocycles. The van der Waals surface area contributed by atoms with Crippen LogP contribution in [0, 0.1) is 19.3 Å². The molecule has 0 atom stereocenters. The number of carbonyl (C=O) groups excluding carboxylic acids is 5. The Labute approximate surface area is 372 Å². The van der Waals surface area contributed by atoms with Crippen LogP contribution in [0.5, 0.6) is 11.5 Å². The van der Waals surface area contributed by atoms with E-state index in [1.54, 1.807) is 65.2 Å². The number of likely N-dealkylation sites (tertiary alicyclic amines) is 1. The number of benzene rings is 2. The minimum absolute atomic E-state index is 0.0506. The molecule has 4 aromatic heterocycles. The highest BCUT2D eigenvalue weighted by Crippen LogP contribution is 2.39. The molecule has 340 valence electrons. The van der Waals surface area contributed by atoms with Crippen LogP contribution >= 0.6 is 0 Å². The molecule has 2 aromatic carbocycles. The highest BCUT2D eigenvalue weighted by atomic mass is 16.6. The Bertz CT molecular complexity index is 2770. The van der Waals surface area contributed by atoms with Crippen LogP contribution in [-0.4, -0.2) is 105 Å². The number of ether oxygens (including phenoxy) is 3. The number of aryl methyl sites for hydroxylation is 4. The zero-order chi connectivity index (χ0) is 46.5. The fourth-order valence-electron chi connectivity index (χ4n) is 8.05. The second kappa shape index (κ2) is 16.8. The third-order valence-corrected chi connectivity index (χ3v) is 11.0. The van der Waals surface area contributed by atoms with Crippen molar-refractivity contribution in [1.82, 2.24) is 43.6 Å². The van der Waals surface area contributed by atoms with Crippen LogP contribution in [0.4, 0.5) is 16.7 Å². The van der Waals surface area contributed by atoms with Gasteiger partial charge in [-0.2, -0.15) is 10.2 Å². The number of allylic oxidation sites excluding steroid dienone is 2. The summed E-state index contributed by atoms with van der Waals surface area (Å²) < 4.78 is 25.6. The van der Waals surface area contributed by atoms with Crippen LogP contribution in [0.2, 0.25) is 0 Å². The molecule has 6 aromatic rings. The second-order valence-electron chi connectivity index (χ2n) is 17.3. The number of anilines is 2. The van der Waals surface area contributed by atoms with E-state index in [2.05, 4.69) is 20.8 Å². The average molecular weight is 890 g/mol. The predicted molar refractivity (Wildman–Crippen MR) is 238 cm³/mol. The predicted octanol–water partition coefficient (Wildman–Crippen LogP) is 4.40. The average Bonchev–Trinajstić information content (AvgIpc) is 3.99.